The third-order valence-electron chi connectivity index (χ3n) is 1.68. The molecular formula is C8H10ClNO3. The molecule has 1 aromatic carbocycles. The van der Waals surface area contributed by atoms with Crippen molar-refractivity contribution in [2.24, 2.45) is 0 Å². The maximum atomic E-state index is 5.59. The van der Waals surface area contributed by atoms with Crippen molar-refractivity contribution >= 4 is 18.1 Å². The molecular weight excluding hydrogens is 194 g/mol. The highest BCUT2D eigenvalue weighted by atomic mass is 35.5. The zero-order valence-electron chi connectivity index (χ0n) is 7.07. The lowest BCUT2D eigenvalue weighted by Crippen LogP contribution is -1.93. The Balaban J connectivity index is 0.000000845. The van der Waals surface area contributed by atoms with E-state index in [9.17, 15) is 0 Å². The van der Waals surface area contributed by atoms with Gasteiger partial charge in [-0.15, -0.1) is 12.4 Å². The number of anilines is 1. The molecule has 1 aromatic rings. The minimum atomic E-state index is 0. The number of halogens is 1. The monoisotopic (exact) mass is 203 g/mol. The van der Waals surface area contributed by atoms with Gasteiger partial charge < -0.3 is 19.9 Å². The summed E-state index contributed by atoms with van der Waals surface area (Å²) < 4.78 is 15.4. The van der Waals surface area contributed by atoms with Gasteiger partial charge in [-0.1, -0.05) is 0 Å². The summed E-state index contributed by atoms with van der Waals surface area (Å²) in [4.78, 5) is 0. The topological polar surface area (TPSA) is 53.7 Å². The Labute approximate surface area is 82.0 Å². The highest BCUT2D eigenvalue weighted by Crippen LogP contribution is 2.42. The Morgan fingerprint density at radius 3 is 2.85 bits per heavy atom. The Morgan fingerprint density at radius 1 is 1.38 bits per heavy atom. The summed E-state index contributed by atoms with van der Waals surface area (Å²) in [5.41, 5.74) is 6.20. The van der Waals surface area contributed by atoms with Gasteiger partial charge in [0, 0.05) is 17.8 Å². The van der Waals surface area contributed by atoms with Crippen LogP contribution in [0.15, 0.2) is 12.1 Å². The summed E-state index contributed by atoms with van der Waals surface area (Å²) in [5, 5.41) is 0. The minimum Gasteiger partial charge on any atom is -0.493 e. The van der Waals surface area contributed by atoms with Gasteiger partial charge in [0.25, 0.3) is 0 Å². The number of rotatable bonds is 1. The molecule has 0 aromatic heterocycles. The highest BCUT2D eigenvalue weighted by molar-refractivity contribution is 5.85. The van der Waals surface area contributed by atoms with Crippen LogP contribution in [0.3, 0.4) is 0 Å². The fraction of sp³-hybridized carbons (Fsp3) is 0.250. The zero-order chi connectivity index (χ0) is 8.55. The van der Waals surface area contributed by atoms with E-state index in [4.69, 9.17) is 19.9 Å². The normalized spacial score (nSPS) is 12.1. The molecule has 0 amide bonds. The number of benzene rings is 1. The van der Waals surface area contributed by atoms with Crippen LogP contribution < -0.4 is 19.9 Å². The second-order valence-electron chi connectivity index (χ2n) is 2.46. The van der Waals surface area contributed by atoms with Crippen molar-refractivity contribution in [2.45, 2.75) is 0 Å². The molecule has 1 heterocycles. The van der Waals surface area contributed by atoms with Crippen LogP contribution in [0, 0.1) is 0 Å². The first-order valence-electron chi connectivity index (χ1n) is 3.54. The van der Waals surface area contributed by atoms with E-state index in [0.29, 0.717) is 22.9 Å². The van der Waals surface area contributed by atoms with Crippen molar-refractivity contribution in [3.63, 3.8) is 0 Å². The molecule has 0 fully saturated rings. The van der Waals surface area contributed by atoms with Crippen molar-refractivity contribution in [1.82, 2.24) is 0 Å². The van der Waals surface area contributed by atoms with E-state index in [-0.39, 0.29) is 19.2 Å². The van der Waals surface area contributed by atoms with E-state index in [1.54, 1.807) is 19.2 Å². The zero-order valence-corrected chi connectivity index (χ0v) is 7.89. The largest absolute Gasteiger partial charge is 0.493 e. The molecule has 0 radical (unpaired) electrons. The number of nitrogens with two attached hydrogens (primary N) is 1. The smallest absolute Gasteiger partial charge is 0.231 e. The number of ether oxygens (including phenoxy) is 3. The van der Waals surface area contributed by atoms with E-state index >= 15 is 0 Å². The second kappa shape index (κ2) is 3.62. The first-order chi connectivity index (χ1) is 5.81. The Kier molecular flexibility index (Phi) is 2.72. The van der Waals surface area contributed by atoms with Gasteiger partial charge >= 0.3 is 0 Å². The van der Waals surface area contributed by atoms with Crippen LogP contribution >= 0.6 is 12.4 Å². The van der Waals surface area contributed by atoms with Crippen molar-refractivity contribution < 1.29 is 14.2 Å². The summed E-state index contributed by atoms with van der Waals surface area (Å²) in [6, 6.07) is 3.42. The molecule has 0 bridgehead atoms. The predicted octanol–water partition coefficient (Wildman–Crippen LogP) is 1.43. The molecule has 0 saturated heterocycles. The lowest BCUT2D eigenvalue weighted by molar-refractivity contribution is 0.171. The standard InChI is InChI=1S/C8H9NO3.ClH/c1-10-6-2-5(9)3-7-8(6)12-4-11-7;/h2-3H,4,9H2,1H3;1H. The molecule has 0 atom stereocenters. The summed E-state index contributed by atoms with van der Waals surface area (Å²) >= 11 is 0. The number of hydrogen-bond acceptors (Lipinski definition) is 4. The summed E-state index contributed by atoms with van der Waals surface area (Å²) in [7, 11) is 1.57. The van der Waals surface area contributed by atoms with E-state index in [2.05, 4.69) is 0 Å². The molecule has 0 aliphatic carbocycles. The number of fused-ring (bicyclic) bond motifs is 1. The molecule has 0 unspecified atom stereocenters. The number of methoxy groups -OCH3 is 1. The predicted molar refractivity (Wildman–Crippen MR) is 50.8 cm³/mol. The van der Waals surface area contributed by atoms with Gasteiger partial charge in [0.2, 0.25) is 12.5 Å². The molecule has 5 heteroatoms. The number of nitrogen functional groups attached to an aromatic ring is 1. The first-order valence-corrected chi connectivity index (χ1v) is 3.54. The van der Waals surface area contributed by atoms with E-state index in [0.717, 1.165) is 0 Å². The van der Waals surface area contributed by atoms with Gasteiger partial charge in [-0.2, -0.15) is 0 Å². The Morgan fingerprint density at radius 2 is 2.15 bits per heavy atom. The van der Waals surface area contributed by atoms with Crippen LogP contribution in [0.25, 0.3) is 0 Å². The van der Waals surface area contributed by atoms with Gasteiger partial charge in [0.15, 0.2) is 11.5 Å². The molecule has 1 aliphatic rings. The average molecular weight is 204 g/mol. The summed E-state index contributed by atoms with van der Waals surface area (Å²) in [5.74, 6) is 1.89. The van der Waals surface area contributed by atoms with Gasteiger partial charge in [-0.05, 0) is 0 Å². The first kappa shape index (κ1) is 9.80. The van der Waals surface area contributed by atoms with Crippen molar-refractivity contribution in [1.29, 1.82) is 0 Å². The molecule has 4 nitrogen and oxygen atoms in total. The SMILES string of the molecule is COc1cc(N)cc2c1OCO2.Cl. The molecule has 1 aliphatic heterocycles. The lowest BCUT2D eigenvalue weighted by Gasteiger charge is -2.04. The summed E-state index contributed by atoms with van der Waals surface area (Å²) in [6.45, 7) is 0.231. The second-order valence-corrected chi connectivity index (χ2v) is 2.46. The Bertz CT molecular complexity index is 317. The van der Waals surface area contributed by atoms with Crippen LogP contribution in [-0.4, -0.2) is 13.9 Å². The Hall–Kier alpha value is -1.29. The fourth-order valence-corrected chi connectivity index (χ4v) is 1.15. The lowest BCUT2D eigenvalue weighted by atomic mass is 10.2. The van der Waals surface area contributed by atoms with E-state index in [1.165, 1.54) is 0 Å². The van der Waals surface area contributed by atoms with Crippen molar-refractivity contribution in [3.05, 3.63) is 12.1 Å². The molecule has 2 rings (SSSR count). The maximum Gasteiger partial charge on any atom is 0.231 e. The fourth-order valence-electron chi connectivity index (χ4n) is 1.15. The third-order valence-corrected chi connectivity index (χ3v) is 1.68. The van der Waals surface area contributed by atoms with Crippen LogP contribution in [-0.2, 0) is 0 Å². The molecule has 72 valence electrons. The van der Waals surface area contributed by atoms with E-state index in [1.807, 2.05) is 0 Å². The minimum absolute atomic E-state index is 0. The van der Waals surface area contributed by atoms with Gasteiger partial charge in [-0.25, -0.2) is 0 Å². The van der Waals surface area contributed by atoms with Crippen LogP contribution in [0.1, 0.15) is 0 Å². The molecule has 0 saturated carbocycles. The van der Waals surface area contributed by atoms with Gasteiger partial charge in [0.1, 0.15) is 0 Å². The van der Waals surface area contributed by atoms with Gasteiger partial charge in [0.05, 0.1) is 7.11 Å². The summed E-state index contributed by atoms with van der Waals surface area (Å²) in [6.07, 6.45) is 0. The molecule has 13 heavy (non-hydrogen) atoms. The molecule has 0 spiro atoms. The van der Waals surface area contributed by atoms with Crippen molar-refractivity contribution in [3.8, 4) is 17.2 Å². The maximum absolute atomic E-state index is 5.59. The number of hydrogen-bond donors (Lipinski definition) is 1. The van der Waals surface area contributed by atoms with Crippen LogP contribution in [0.4, 0.5) is 5.69 Å². The quantitative estimate of drug-likeness (QED) is 0.702. The van der Waals surface area contributed by atoms with Gasteiger partial charge in [-0.3, -0.25) is 0 Å². The average Bonchev–Trinajstić information content (AvgIpc) is 2.50. The van der Waals surface area contributed by atoms with E-state index < -0.39 is 0 Å². The third kappa shape index (κ3) is 1.58. The van der Waals surface area contributed by atoms with Crippen LogP contribution in [0.2, 0.25) is 0 Å². The highest BCUT2D eigenvalue weighted by Gasteiger charge is 2.18. The van der Waals surface area contributed by atoms with Crippen molar-refractivity contribution in [2.75, 3.05) is 19.6 Å². The molecule has 2 N–H and O–H groups in total. The van der Waals surface area contributed by atoms with Crippen LogP contribution in [0.5, 0.6) is 17.2 Å².